The summed E-state index contributed by atoms with van der Waals surface area (Å²) >= 11 is 3.43. The van der Waals surface area contributed by atoms with Gasteiger partial charge in [0, 0.05) is 16.0 Å². The van der Waals surface area contributed by atoms with Crippen LogP contribution in [0.1, 0.15) is 33.6 Å². The number of nitrogens with zero attached hydrogens (tertiary/aromatic N) is 1. The van der Waals surface area contributed by atoms with E-state index in [0.29, 0.717) is 5.56 Å². The van der Waals surface area contributed by atoms with Gasteiger partial charge < -0.3 is 5.32 Å². The van der Waals surface area contributed by atoms with Gasteiger partial charge in [-0.2, -0.15) is 0 Å². The first-order chi connectivity index (χ1) is 13.3. The van der Waals surface area contributed by atoms with Crippen molar-refractivity contribution in [1.29, 1.82) is 0 Å². The third-order valence-corrected chi connectivity index (χ3v) is 7.20. The first-order valence-corrected chi connectivity index (χ1v) is 10.8. The molecule has 0 radical (unpaired) electrons. The summed E-state index contributed by atoms with van der Waals surface area (Å²) in [7, 11) is 0. The van der Waals surface area contributed by atoms with Crippen molar-refractivity contribution in [3.05, 3.63) is 70.6 Å². The normalized spacial score (nSPS) is 13.5. The molecular weight excluding hydrogens is 372 g/mol. The summed E-state index contributed by atoms with van der Waals surface area (Å²) in [5.41, 5.74) is 4.22. The molecule has 4 aromatic rings. The molecule has 1 amide bonds. The summed E-state index contributed by atoms with van der Waals surface area (Å²) in [6.45, 7) is 0. The number of aryl methyl sites for hydroxylation is 1. The van der Waals surface area contributed by atoms with Crippen molar-refractivity contribution in [2.75, 3.05) is 5.32 Å². The maximum absolute atomic E-state index is 12.8. The number of carbonyl (C=O) groups is 1. The Morgan fingerprint density at radius 1 is 0.926 bits per heavy atom. The molecule has 0 bridgehead atoms. The molecule has 0 saturated carbocycles. The molecule has 0 atom stereocenters. The van der Waals surface area contributed by atoms with Gasteiger partial charge in [-0.1, -0.05) is 30.3 Å². The van der Waals surface area contributed by atoms with Crippen LogP contribution in [0.2, 0.25) is 0 Å². The summed E-state index contributed by atoms with van der Waals surface area (Å²) in [6, 6.07) is 17.6. The molecular formula is C22H18N2OS2. The standard InChI is InChI=1S/C22H18N2OS2/c25-20(14-8-2-1-3-9-14)24-22-19(15-10-4-6-12-17(15)26-22)21-23-16-11-5-7-13-18(16)27-21/h1-3,5,7-9,11,13H,4,6,10,12H2,(H,24,25). The Morgan fingerprint density at radius 2 is 1.70 bits per heavy atom. The number of anilines is 1. The van der Waals surface area contributed by atoms with Crippen LogP contribution in [-0.4, -0.2) is 10.9 Å². The van der Waals surface area contributed by atoms with E-state index in [1.807, 2.05) is 42.5 Å². The summed E-state index contributed by atoms with van der Waals surface area (Å²) in [4.78, 5) is 19.0. The van der Waals surface area contributed by atoms with E-state index in [4.69, 9.17) is 4.98 Å². The zero-order valence-electron chi connectivity index (χ0n) is 14.7. The lowest BCUT2D eigenvalue weighted by atomic mass is 9.95. The van der Waals surface area contributed by atoms with Crippen molar-refractivity contribution in [3.8, 4) is 10.6 Å². The molecule has 2 aromatic carbocycles. The van der Waals surface area contributed by atoms with Crippen LogP contribution in [-0.2, 0) is 12.8 Å². The monoisotopic (exact) mass is 390 g/mol. The highest BCUT2D eigenvalue weighted by Gasteiger charge is 2.25. The molecule has 1 aliphatic rings. The van der Waals surface area contributed by atoms with E-state index in [1.165, 1.54) is 28.0 Å². The zero-order valence-corrected chi connectivity index (χ0v) is 16.3. The van der Waals surface area contributed by atoms with Gasteiger partial charge in [0.05, 0.1) is 10.2 Å². The molecule has 1 aliphatic carbocycles. The van der Waals surface area contributed by atoms with Crippen molar-refractivity contribution in [1.82, 2.24) is 4.98 Å². The second-order valence-electron chi connectivity index (χ2n) is 6.72. The second-order valence-corrected chi connectivity index (χ2v) is 8.86. The Bertz CT molecular complexity index is 1090. The number of thiazole rings is 1. The number of hydrogen-bond donors (Lipinski definition) is 1. The number of carbonyl (C=O) groups excluding carboxylic acids is 1. The first kappa shape index (κ1) is 16.7. The van der Waals surface area contributed by atoms with Crippen LogP contribution in [0.3, 0.4) is 0 Å². The number of benzene rings is 2. The predicted octanol–water partition coefficient (Wildman–Crippen LogP) is 6.16. The zero-order chi connectivity index (χ0) is 18.2. The van der Waals surface area contributed by atoms with Gasteiger partial charge in [0.15, 0.2) is 0 Å². The van der Waals surface area contributed by atoms with E-state index in [9.17, 15) is 4.79 Å². The van der Waals surface area contributed by atoms with E-state index in [0.717, 1.165) is 33.9 Å². The number of nitrogens with one attached hydrogen (secondary N) is 1. The van der Waals surface area contributed by atoms with Gasteiger partial charge in [-0.3, -0.25) is 4.79 Å². The van der Waals surface area contributed by atoms with Gasteiger partial charge in [0.1, 0.15) is 10.0 Å². The van der Waals surface area contributed by atoms with Crippen LogP contribution in [0, 0.1) is 0 Å². The van der Waals surface area contributed by atoms with Crippen LogP contribution in [0.4, 0.5) is 5.00 Å². The number of rotatable bonds is 3. The molecule has 0 saturated heterocycles. The third-order valence-electron chi connectivity index (χ3n) is 4.94. The number of hydrogen-bond acceptors (Lipinski definition) is 4. The third kappa shape index (κ3) is 3.07. The highest BCUT2D eigenvalue weighted by atomic mass is 32.1. The molecule has 0 spiro atoms. The Balaban J connectivity index is 1.61. The lowest BCUT2D eigenvalue weighted by molar-refractivity contribution is 0.102. The number of amides is 1. The maximum atomic E-state index is 12.8. The highest BCUT2D eigenvalue weighted by molar-refractivity contribution is 7.22. The molecule has 0 unspecified atom stereocenters. The van der Waals surface area contributed by atoms with Crippen LogP contribution < -0.4 is 5.32 Å². The summed E-state index contributed by atoms with van der Waals surface area (Å²) < 4.78 is 1.18. The molecule has 134 valence electrons. The average molecular weight is 391 g/mol. The van der Waals surface area contributed by atoms with Crippen LogP contribution in [0.15, 0.2) is 54.6 Å². The lowest BCUT2D eigenvalue weighted by Crippen LogP contribution is -2.11. The van der Waals surface area contributed by atoms with Gasteiger partial charge in [-0.15, -0.1) is 22.7 Å². The average Bonchev–Trinajstić information content (AvgIpc) is 3.29. The van der Waals surface area contributed by atoms with E-state index in [-0.39, 0.29) is 5.91 Å². The number of para-hydroxylation sites is 1. The molecule has 5 heteroatoms. The summed E-state index contributed by atoms with van der Waals surface area (Å²) in [5.74, 6) is -0.0587. The van der Waals surface area contributed by atoms with Crippen molar-refractivity contribution < 1.29 is 4.79 Å². The lowest BCUT2D eigenvalue weighted by Gasteiger charge is -2.11. The first-order valence-electron chi connectivity index (χ1n) is 9.16. The minimum atomic E-state index is -0.0587. The highest BCUT2D eigenvalue weighted by Crippen LogP contribution is 2.46. The molecule has 0 aliphatic heterocycles. The number of fused-ring (bicyclic) bond motifs is 2. The summed E-state index contributed by atoms with van der Waals surface area (Å²) in [6.07, 6.45) is 4.59. The molecule has 2 heterocycles. The largest absolute Gasteiger partial charge is 0.313 e. The van der Waals surface area contributed by atoms with Crippen LogP contribution in [0.5, 0.6) is 0 Å². The van der Waals surface area contributed by atoms with Gasteiger partial charge in [0.25, 0.3) is 5.91 Å². The van der Waals surface area contributed by atoms with Crippen molar-refractivity contribution in [2.45, 2.75) is 25.7 Å². The maximum Gasteiger partial charge on any atom is 0.256 e. The Hall–Kier alpha value is -2.50. The van der Waals surface area contributed by atoms with E-state index in [2.05, 4.69) is 17.4 Å². The second kappa shape index (κ2) is 6.91. The van der Waals surface area contributed by atoms with Crippen molar-refractivity contribution in [3.63, 3.8) is 0 Å². The van der Waals surface area contributed by atoms with Crippen molar-refractivity contribution >= 4 is 43.8 Å². The molecule has 2 aromatic heterocycles. The molecule has 27 heavy (non-hydrogen) atoms. The van der Waals surface area contributed by atoms with Crippen LogP contribution >= 0.6 is 22.7 Å². The Labute approximate surface area is 165 Å². The number of aromatic nitrogens is 1. The fourth-order valence-electron chi connectivity index (χ4n) is 3.62. The van der Waals surface area contributed by atoms with Gasteiger partial charge >= 0.3 is 0 Å². The fraction of sp³-hybridized carbons (Fsp3) is 0.182. The Morgan fingerprint density at radius 3 is 2.56 bits per heavy atom. The van der Waals surface area contributed by atoms with E-state index in [1.54, 1.807) is 22.7 Å². The summed E-state index contributed by atoms with van der Waals surface area (Å²) in [5, 5.41) is 5.13. The molecule has 5 rings (SSSR count). The topological polar surface area (TPSA) is 42.0 Å². The predicted molar refractivity (Wildman–Crippen MR) is 114 cm³/mol. The minimum Gasteiger partial charge on any atom is -0.313 e. The molecule has 3 nitrogen and oxygen atoms in total. The van der Waals surface area contributed by atoms with Gasteiger partial charge in [0.2, 0.25) is 0 Å². The van der Waals surface area contributed by atoms with Gasteiger partial charge in [-0.05, 0) is 55.5 Å². The van der Waals surface area contributed by atoms with Gasteiger partial charge in [-0.25, -0.2) is 4.98 Å². The molecule has 1 N–H and O–H groups in total. The smallest absolute Gasteiger partial charge is 0.256 e. The van der Waals surface area contributed by atoms with Crippen molar-refractivity contribution in [2.24, 2.45) is 0 Å². The fourth-order valence-corrected chi connectivity index (χ4v) is 6.02. The number of thiophene rings is 1. The quantitative estimate of drug-likeness (QED) is 0.455. The molecule has 0 fully saturated rings. The van der Waals surface area contributed by atoms with E-state index >= 15 is 0 Å². The SMILES string of the molecule is O=C(Nc1sc2c(c1-c1nc3ccccc3s1)CCCC2)c1ccccc1. The van der Waals surface area contributed by atoms with Crippen LogP contribution in [0.25, 0.3) is 20.8 Å². The minimum absolute atomic E-state index is 0.0587. The Kier molecular flexibility index (Phi) is 4.26. The van der Waals surface area contributed by atoms with E-state index < -0.39 is 0 Å².